The second-order valence-electron chi connectivity index (χ2n) is 7.94. The summed E-state index contributed by atoms with van der Waals surface area (Å²) in [7, 11) is -3.96. The minimum absolute atomic E-state index is 0.0936. The number of hydrogen-bond donors (Lipinski definition) is 3. The molecular formula is C23H28NO6PS. The predicted molar refractivity (Wildman–Crippen MR) is 126 cm³/mol. The summed E-state index contributed by atoms with van der Waals surface area (Å²) >= 11 is 1.48. The Bertz CT molecular complexity index is 984. The number of ether oxygens (including phenoxy) is 1. The number of aliphatic carboxylic acids is 1. The molecule has 3 rings (SSSR count). The Morgan fingerprint density at radius 2 is 1.69 bits per heavy atom. The molecule has 0 saturated heterocycles. The average molecular weight is 478 g/mol. The van der Waals surface area contributed by atoms with E-state index in [-0.39, 0.29) is 18.9 Å². The lowest BCUT2D eigenvalue weighted by molar-refractivity contribution is -0.140. The van der Waals surface area contributed by atoms with Gasteiger partial charge in [-0.1, -0.05) is 55.5 Å². The monoisotopic (exact) mass is 477 g/mol. The first-order chi connectivity index (χ1) is 15.2. The smallest absolute Gasteiger partial charge is 0.407 e. The van der Waals surface area contributed by atoms with Crippen molar-refractivity contribution < 1.29 is 28.9 Å². The molecule has 0 saturated carbocycles. The summed E-state index contributed by atoms with van der Waals surface area (Å²) in [5.74, 6) is -2.78. The first-order valence-corrected chi connectivity index (χ1v) is 13.7. The van der Waals surface area contributed by atoms with Crippen LogP contribution in [0.3, 0.4) is 0 Å². The number of carbonyl (C=O) groups excluding carboxylic acids is 1. The van der Waals surface area contributed by atoms with Gasteiger partial charge in [-0.2, -0.15) is 11.8 Å². The van der Waals surface area contributed by atoms with Gasteiger partial charge in [0.1, 0.15) is 12.4 Å². The summed E-state index contributed by atoms with van der Waals surface area (Å²) in [6.45, 7) is 1.47. The summed E-state index contributed by atoms with van der Waals surface area (Å²) in [6, 6.07) is 15.9. The van der Waals surface area contributed by atoms with E-state index in [9.17, 15) is 19.0 Å². The molecule has 3 N–H and O–H groups in total. The number of alkyl carbamates (subject to hydrolysis) is 1. The Morgan fingerprint density at radius 1 is 1.12 bits per heavy atom. The van der Waals surface area contributed by atoms with Crippen molar-refractivity contribution in [2.75, 3.05) is 24.8 Å². The molecule has 172 valence electrons. The van der Waals surface area contributed by atoms with Crippen LogP contribution in [0.4, 0.5) is 4.79 Å². The molecule has 0 aliphatic heterocycles. The van der Waals surface area contributed by atoms with E-state index in [1.54, 1.807) is 0 Å². The van der Waals surface area contributed by atoms with Crippen molar-refractivity contribution in [3.8, 4) is 11.1 Å². The number of benzene rings is 2. The molecule has 0 aromatic heterocycles. The zero-order valence-electron chi connectivity index (χ0n) is 18.1. The molecular weight excluding hydrogens is 449 g/mol. The largest absolute Gasteiger partial charge is 0.481 e. The predicted octanol–water partition coefficient (Wildman–Crippen LogP) is 4.60. The van der Waals surface area contributed by atoms with E-state index >= 15 is 0 Å². The molecule has 0 spiro atoms. The van der Waals surface area contributed by atoms with Crippen molar-refractivity contribution in [2.24, 2.45) is 5.92 Å². The van der Waals surface area contributed by atoms with Crippen LogP contribution in [0.15, 0.2) is 48.5 Å². The molecule has 1 aliphatic carbocycles. The van der Waals surface area contributed by atoms with E-state index in [0.717, 1.165) is 22.3 Å². The lowest BCUT2D eigenvalue weighted by Crippen LogP contribution is -2.37. The lowest BCUT2D eigenvalue weighted by Gasteiger charge is -2.25. The third-order valence-corrected chi connectivity index (χ3v) is 8.74. The van der Waals surface area contributed by atoms with Crippen LogP contribution in [-0.2, 0) is 14.1 Å². The van der Waals surface area contributed by atoms with Crippen LogP contribution in [0.5, 0.6) is 0 Å². The summed E-state index contributed by atoms with van der Waals surface area (Å²) < 4.78 is 18.4. The molecule has 32 heavy (non-hydrogen) atoms. The highest BCUT2D eigenvalue weighted by atomic mass is 32.2. The van der Waals surface area contributed by atoms with Gasteiger partial charge in [-0.3, -0.25) is 9.36 Å². The molecule has 0 fully saturated rings. The molecule has 2 aromatic carbocycles. The first-order valence-electron chi connectivity index (χ1n) is 10.4. The number of thioether (sulfide) groups is 1. The van der Waals surface area contributed by atoms with E-state index in [1.807, 2.05) is 54.8 Å². The Balaban J connectivity index is 1.69. The van der Waals surface area contributed by atoms with Crippen molar-refractivity contribution >= 4 is 31.2 Å². The third kappa shape index (κ3) is 5.55. The highest BCUT2D eigenvalue weighted by Crippen LogP contribution is 2.48. The van der Waals surface area contributed by atoms with E-state index in [4.69, 9.17) is 9.84 Å². The fraction of sp³-hybridized carbons (Fsp3) is 0.391. The Morgan fingerprint density at radius 3 is 2.22 bits per heavy atom. The number of carbonyl (C=O) groups is 2. The molecule has 0 bridgehead atoms. The quantitative estimate of drug-likeness (QED) is 0.429. The molecule has 7 nitrogen and oxygen atoms in total. The second-order valence-corrected chi connectivity index (χ2v) is 11.4. The van der Waals surface area contributed by atoms with E-state index in [0.29, 0.717) is 5.75 Å². The maximum atomic E-state index is 12.9. The number of nitrogens with one attached hydrogen (secondary N) is 1. The first kappa shape index (κ1) is 24.4. The van der Waals surface area contributed by atoms with Crippen LogP contribution < -0.4 is 5.32 Å². The third-order valence-electron chi connectivity index (χ3n) is 5.67. The van der Waals surface area contributed by atoms with Gasteiger partial charge in [0.25, 0.3) is 0 Å². The molecule has 0 heterocycles. The van der Waals surface area contributed by atoms with E-state index < -0.39 is 37.3 Å². The number of amides is 1. The van der Waals surface area contributed by atoms with Gasteiger partial charge >= 0.3 is 12.1 Å². The van der Waals surface area contributed by atoms with Crippen LogP contribution >= 0.6 is 19.1 Å². The van der Waals surface area contributed by atoms with Gasteiger partial charge in [0.15, 0.2) is 0 Å². The molecule has 3 atom stereocenters. The standard InChI is InChI=1S/C23H28NO6PS/c1-15(22(25)26)14-31(28,29)21(11-12-32-2)24-23(27)30-13-20-18-9-5-3-7-16(18)17-8-4-6-10-19(17)20/h3-10,15,20-21H,11-14H2,1-2H3,(H,24,27)(H,25,26)(H,28,29). The molecule has 1 aliphatic rings. The highest BCUT2D eigenvalue weighted by molar-refractivity contribution is 7.98. The normalized spacial score (nSPS) is 16.3. The zero-order valence-corrected chi connectivity index (χ0v) is 19.8. The van der Waals surface area contributed by atoms with Crippen molar-refractivity contribution in [3.05, 3.63) is 59.7 Å². The number of carboxylic acid groups (broad SMARTS) is 1. The van der Waals surface area contributed by atoms with Crippen LogP contribution in [-0.4, -0.2) is 52.6 Å². The molecule has 3 unspecified atom stereocenters. The molecule has 9 heteroatoms. The van der Waals surface area contributed by atoms with Crippen LogP contribution in [0.1, 0.15) is 30.4 Å². The average Bonchev–Trinajstić information content (AvgIpc) is 3.08. The van der Waals surface area contributed by atoms with Gasteiger partial charge in [0.2, 0.25) is 7.37 Å². The molecule has 2 aromatic rings. The number of carboxylic acids is 1. The minimum Gasteiger partial charge on any atom is -0.481 e. The maximum absolute atomic E-state index is 12.9. The van der Waals surface area contributed by atoms with Crippen molar-refractivity contribution in [1.29, 1.82) is 0 Å². The van der Waals surface area contributed by atoms with E-state index in [2.05, 4.69) is 5.32 Å². The highest BCUT2D eigenvalue weighted by Gasteiger charge is 2.36. The SMILES string of the molecule is CSCCC(NC(=O)OCC1c2ccccc2-c2ccccc21)P(=O)(O)CC(C)C(=O)O. The zero-order chi connectivity index (χ0) is 23.3. The van der Waals surface area contributed by atoms with Gasteiger partial charge in [0.05, 0.1) is 5.92 Å². The molecule has 0 radical (unpaired) electrons. The van der Waals surface area contributed by atoms with Crippen LogP contribution in [0.25, 0.3) is 11.1 Å². The summed E-state index contributed by atoms with van der Waals surface area (Å²) in [5.41, 5.74) is 4.36. The van der Waals surface area contributed by atoms with Crippen molar-refractivity contribution in [2.45, 2.75) is 25.0 Å². The van der Waals surface area contributed by atoms with Gasteiger partial charge in [-0.25, -0.2) is 4.79 Å². The van der Waals surface area contributed by atoms with Crippen LogP contribution in [0, 0.1) is 5.92 Å². The van der Waals surface area contributed by atoms with Gasteiger partial charge in [0, 0.05) is 12.1 Å². The minimum atomic E-state index is -3.96. The van der Waals surface area contributed by atoms with Gasteiger partial charge in [-0.15, -0.1) is 0 Å². The van der Waals surface area contributed by atoms with Gasteiger partial charge < -0.3 is 20.1 Å². The number of hydrogen-bond acceptors (Lipinski definition) is 5. The van der Waals surface area contributed by atoms with Crippen molar-refractivity contribution in [1.82, 2.24) is 5.32 Å². The topological polar surface area (TPSA) is 113 Å². The number of fused-ring (bicyclic) bond motifs is 3. The van der Waals surface area contributed by atoms with E-state index in [1.165, 1.54) is 18.7 Å². The lowest BCUT2D eigenvalue weighted by atomic mass is 9.98. The fourth-order valence-corrected chi connectivity index (χ4v) is 6.66. The summed E-state index contributed by atoms with van der Waals surface area (Å²) in [5, 5.41) is 11.6. The Labute approximate surface area is 192 Å². The second kappa shape index (κ2) is 10.6. The maximum Gasteiger partial charge on any atom is 0.407 e. The Hall–Kier alpha value is -2.28. The summed E-state index contributed by atoms with van der Waals surface area (Å²) in [6.07, 6.45) is 0.901. The number of rotatable bonds is 10. The Kier molecular flexibility index (Phi) is 8.04. The van der Waals surface area contributed by atoms with Crippen LogP contribution in [0.2, 0.25) is 0 Å². The fourth-order valence-electron chi connectivity index (χ4n) is 3.98. The van der Waals surface area contributed by atoms with Gasteiger partial charge in [-0.05, 0) is 40.7 Å². The summed E-state index contributed by atoms with van der Waals surface area (Å²) in [4.78, 5) is 34.2. The molecule has 1 amide bonds. The van der Waals surface area contributed by atoms with Crippen molar-refractivity contribution in [3.63, 3.8) is 0 Å².